The number of benzene rings is 4. The third kappa shape index (κ3) is 11.6. The number of carboxylic acid groups (broad SMARTS) is 1. The van der Waals surface area contributed by atoms with E-state index >= 15 is 0 Å². The van der Waals surface area contributed by atoms with Crippen molar-refractivity contribution in [1.82, 2.24) is 0 Å². The number of carbonyl (C=O) groups is 1. The van der Waals surface area contributed by atoms with E-state index in [2.05, 4.69) is 6.58 Å². The molecule has 19 nitrogen and oxygen atoms in total. The Balaban J connectivity index is 1.80. The van der Waals surface area contributed by atoms with Crippen LogP contribution in [-0.2, 0) is 71.0 Å². The van der Waals surface area contributed by atoms with Crippen molar-refractivity contribution in [2.75, 3.05) is 30.9 Å². The number of anilines is 1. The number of hydrogen-bond acceptors (Lipinski definition) is 13. The first-order valence-corrected chi connectivity index (χ1v) is 27.7. The number of carboxylic acids is 1. The van der Waals surface area contributed by atoms with Gasteiger partial charge in [-0.25, -0.2) is 0 Å². The Labute approximate surface area is 389 Å². The number of hydrogen-bond donors (Lipinski definition) is 6. The Morgan fingerprint density at radius 1 is 0.761 bits per heavy atom. The zero-order valence-electron chi connectivity index (χ0n) is 36.7. The summed E-state index contributed by atoms with van der Waals surface area (Å²) in [6, 6.07) is 9.14. The number of ether oxygens (including phenoxy) is 1. The van der Waals surface area contributed by atoms with Crippen molar-refractivity contribution in [2.24, 2.45) is 0 Å². The van der Waals surface area contributed by atoms with Gasteiger partial charge < -0.3 is 14.7 Å². The number of rotatable bonds is 21. The molecular formula is C43H51NO18S5. The van der Waals surface area contributed by atoms with Gasteiger partial charge in [-0.2, -0.15) is 42.1 Å². The first kappa shape index (κ1) is 53.4. The van der Waals surface area contributed by atoms with Gasteiger partial charge in [0.05, 0.1) is 15.5 Å². The van der Waals surface area contributed by atoms with Crippen LogP contribution in [0.15, 0.2) is 104 Å². The monoisotopic (exact) mass is 1030 g/mol. The molecule has 366 valence electrons. The van der Waals surface area contributed by atoms with E-state index < -0.39 is 92.7 Å². The number of unbranched alkanes of at least 4 members (excludes halogenated alkanes) is 2. The number of aryl methyl sites for hydroxylation is 1. The van der Waals surface area contributed by atoms with Crippen LogP contribution in [0.5, 0.6) is 0 Å². The number of fused-ring (bicyclic) bond motifs is 4. The number of aliphatic carboxylic acids is 1. The molecule has 1 aliphatic rings. The SMILES string of the molecule is C=C(/C=C/C=C1/N(CCCCCC(=O)O)c2ccc3c(S(=O)(=O)O)cc(S(=O)(=O)O)cc3c2C1(C)CCCS(=O)(=O)O)C(C)(CCOC)c1c(C)ccc2c(S(=O)(=O)O)cc(S(=O)(=O)O)cc12. The topological polar surface area (TPSA) is 322 Å². The quantitative estimate of drug-likeness (QED) is 0.0288. The molecule has 6 N–H and O–H groups in total. The summed E-state index contributed by atoms with van der Waals surface area (Å²) in [5.41, 5.74) is -0.292. The zero-order valence-corrected chi connectivity index (χ0v) is 40.8. The van der Waals surface area contributed by atoms with Crippen LogP contribution in [-0.4, -0.2) is 102 Å². The Bertz CT molecular complexity index is 3310. The number of nitrogens with zero attached hydrogens (tertiary/aromatic N) is 1. The maximum atomic E-state index is 12.7. The third-order valence-corrected chi connectivity index (χ3v) is 16.4. The maximum Gasteiger partial charge on any atom is 0.303 e. The summed E-state index contributed by atoms with van der Waals surface area (Å²) < 4.78 is 181. The molecule has 0 fully saturated rings. The van der Waals surface area contributed by atoms with Gasteiger partial charge in [-0.1, -0.05) is 50.3 Å². The molecule has 0 spiro atoms. The fraction of sp³-hybridized carbons (Fsp3) is 0.372. The second-order valence-electron chi connectivity index (χ2n) is 16.7. The lowest BCUT2D eigenvalue weighted by Gasteiger charge is -2.34. The lowest BCUT2D eigenvalue weighted by Crippen LogP contribution is -2.30. The number of methoxy groups -OCH3 is 1. The fourth-order valence-corrected chi connectivity index (χ4v) is 12.1. The molecule has 67 heavy (non-hydrogen) atoms. The first-order chi connectivity index (χ1) is 30.8. The molecule has 1 aliphatic heterocycles. The average molecular weight is 1030 g/mol. The largest absolute Gasteiger partial charge is 0.481 e. The van der Waals surface area contributed by atoms with E-state index in [0.29, 0.717) is 59.5 Å². The van der Waals surface area contributed by atoms with E-state index in [1.807, 2.05) is 0 Å². The third-order valence-electron chi connectivity index (χ3n) is 12.1. The predicted molar refractivity (Wildman–Crippen MR) is 249 cm³/mol. The first-order valence-electron chi connectivity index (χ1n) is 20.4. The van der Waals surface area contributed by atoms with Crippen molar-refractivity contribution < 1.29 is 79.5 Å². The molecule has 1 heterocycles. The highest BCUT2D eigenvalue weighted by Gasteiger charge is 2.45. The molecule has 0 saturated heterocycles. The minimum absolute atomic E-state index is 0.0430. The molecule has 2 unspecified atom stereocenters. The zero-order chi connectivity index (χ0) is 50.3. The summed E-state index contributed by atoms with van der Waals surface area (Å²) in [6.07, 6.45) is 5.67. The van der Waals surface area contributed by atoms with Gasteiger partial charge in [0.2, 0.25) is 0 Å². The Morgan fingerprint density at radius 3 is 1.84 bits per heavy atom. The van der Waals surface area contributed by atoms with Crippen molar-refractivity contribution in [3.8, 4) is 0 Å². The molecule has 0 aliphatic carbocycles. The van der Waals surface area contributed by atoms with Gasteiger partial charge in [0.15, 0.2) is 0 Å². The summed E-state index contributed by atoms with van der Waals surface area (Å²) >= 11 is 0. The molecule has 0 bridgehead atoms. The summed E-state index contributed by atoms with van der Waals surface area (Å²) in [6.45, 7) is 9.71. The fourth-order valence-electron chi connectivity index (χ4n) is 8.96. The molecule has 0 aromatic heterocycles. The molecule has 5 rings (SSSR count). The highest BCUT2D eigenvalue weighted by molar-refractivity contribution is 7.87. The van der Waals surface area contributed by atoms with Crippen molar-refractivity contribution in [3.05, 3.63) is 101 Å². The number of allylic oxidation sites excluding steroid dienone is 5. The van der Waals surface area contributed by atoms with Gasteiger partial charge in [-0.05, 0) is 115 Å². The van der Waals surface area contributed by atoms with Crippen LogP contribution < -0.4 is 4.90 Å². The van der Waals surface area contributed by atoms with Crippen LogP contribution in [0, 0.1) is 6.92 Å². The Hall–Kier alpha value is -4.60. The predicted octanol–water partition coefficient (Wildman–Crippen LogP) is 6.67. The summed E-state index contributed by atoms with van der Waals surface area (Å²) in [5, 5.41) is 9.03. The van der Waals surface area contributed by atoms with Crippen LogP contribution in [0.25, 0.3) is 21.5 Å². The molecule has 0 amide bonds. The highest BCUT2D eigenvalue weighted by atomic mass is 32.2. The van der Waals surface area contributed by atoms with Gasteiger partial charge in [0.1, 0.15) is 9.79 Å². The van der Waals surface area contributed by atoms with Crippen molar-refractivity contribution in [3.63, 3.8) is 0 Å². The van der Waals surface area contributed by atoms with E-state index in [4.69, 9.17) is 4.74 Å². The van der Waals surface area contributed by atoms with Crippen molar-refractivity contribution in [1.29, 1.82) is 0 Å². The van der Waals surface area contributed by atoms with Gasteiger partial charge in [-0.15, -0.1) is 0 Å². The smallest absolute Gasteiger partial charge is 0.303 e. The summed E-state index contributed by atoms with van der Waals surface area (Å²) in [4.78, 5) is 9.80. The van der Waals surface area contributed by atoms with Crippen molar-refractivity contribution in [2.45, 2.75) is 96.1 Å². The van der Waals surface area contributed by atoms with E-state index in [1.54, 1.807) is 50.0 Å². The van der Waals surface area contributed by atoms with Crippen LogP contribution in [0.3, 0.4) is 0 Å². The molecular weight excluding hydrogens is 979 g/mol. The van der Waals surface area contributed by atoms with Gasteiger partial charge >= 0.3 is 5.97 Å². The van der Waals surface area contributed by atoms with E-state index in [9.17, 15) is 74.8 Å². The van der Waals surface area contributed by atoms with Gasteiger partial charge in [0, 0.05) is 59.7 Å². The maximum absolute atomic E-state index is 12.7. The second kappa shape index (κ2) is 19.4. The minimum atomic E-state index is -5.14. The van der Waals surface area contributed by atoms with Gasteiger partial charge in [0.25, 0.3) is 50.6 Å². The van der Waals surface area contributed by atoms with E-state index in [1.165, 1.54) is 25.3 Å². The second-order valence-corrected chi connectivity index (χ2v) is 23.9. The summed E-state index contributed by atoms with van der Waals surface area (Å²) in [7, 11) is -23.4. The Morgan fingerprint density at radius 2 is 1.31 bits per heavy atom. The molecule has 4 aromatic carbocycles. The van der Waals surface area contributed by atoms with Crippen LogP contribution in [0.4, 0.5) is 5.69 Å². The Kier molecular flexibility index (Phi) is 15.5. The van der Waals surface area contributed by atoms with Crippen LogP contribution in [0.2, 0.25) is 0 Å². The minimum Gasteiger partial charge on any atom is -0.481 e. The molecule has 0 radical (unpaired) electrons. The lowest BCUT2D eigenvalue weighted by molar-refractivity contribution is -0.137. The molecule has 24 heteroatoms. The lowest BCUT2D eigenvalue weighted by atomic mass is 9.70. The van der Waals surface area contributed by atoms with E-state index in [0.717, 1.165) is 12.1 Å². The highest BCUT2D eigenvalue weighted by Crippen LogP contribution is 2.54. The molecule has 2 atom stereocenters. The van der Waals surface area contributed by atoms with Crippen molar-refractivity contribution >= 4 is 83.8 Å². The van der Waals surface area contributed by atoms with E-state index in [-0.39, 0.29) is 65.9 Å². The van der Waals surface area contributed by atoms with Gasteiger partial charge in [-0.3, -0.25) is 27.6 Å². The van der Waals surface area contributed by atoms with Crippen LogP contribution >= 0.6 is 0 Å². The molecule has 0 saturated carbocycles. The molecule has 4 aromatic rings. The standard InChI is InChI=1S/C43H51NO18S5/c1-27-14-15-31-33(23-29(64(50,51)52)25-36(31)66(56,57)58)40(27)42(3,19-21-62-5)28(2)11-9-12-38-43(4,18-10-22-63(47,48)49)41-34-24-30(65(53,54)55)26-37(67(59,60)61)32(34)16-17-35(41)44(38)20-8-6-7-13-39(45)46/h9,11-12,14-17,23-26H,2,6-8,10,13,18-22H2,1,3-5H3,(H,45,46)(H,47,48,49)(H,50,51,52)(H,53,54,55)(H,56,57,58)(H,59,60,61)/b11-9+,38-12+. The van der Waals surface area contributed by atoms with Crippen LogP contribution in [0.1, 0.15) is 75.5 Å². The normalized spacial score (nSPS) is 17.7. The summed E-state index contributed by atoms with van der Waals surface area (Å²) in [5.74, 6) is -1.72. The average Bonchev–Trinajstić information content (AvgIpc) is 3.43.